The van der Waals surface area contributed by atoms with Crippen molar-refractivity contribution in [1.29, 1.82) is 0 Å². The zero-order valence-electron chi connectivity index (χ0n) is 8.99. The van der Waals surface area contributed by atoms with Crippen molar-refractivity contribution in [2.75, 3.05) is 0 Å². The van der Waals surface area contributed by atoms with Gasteiger partial charge in [-0.1, -0.05) is 0 Å². The molecule has 1 heterocycles. The second-order valence-electron chi connectivity index (χ2n) is 3.43. The molecule has 0 bridgehead atoms. The fourth-order valence-corrected chi connectivity index (χ4v) is 1.31. The maximum Gasteiger partial charge on any atom is 0.335 e. The molecule has 0 fully saturated rings. The van der Waals surface area contributed by atoms with Crippen LogP contribution in [0.4, 0.5) is 0 Å². The van der Waals surface area contributed by atoms with Gasteiger partial charge in [-0.05, 0) is 31.2 Å². The molecule has 6 nitrogen and oxygen atoms in total. The van der Waals surface area contributed by atoms with E-state index in [9.17, 15) is 9.59 Å². The van der Waals surface area contributed by atoms with Gasteiger partial charge < -0.3 is 5.11 Å². The Balaban J connectivity index is 2.43. The number of rotatable bonds is 2. The predicted octanol–water partition coefficient (Wildman–Crippen LogP) is 0.634. The highest BCUT2D eigenvalue weighted by Crippen LogP contribution is 2.07. The van der Waals surface area contributed by atoms with Gasteiger partial charge in [0, 0.05) is 0 Å². The van der Waals surface area contributed by atoms with Crippen molar-refractivity contribution in [3.8, 4) is 5.69 Å². The van der Waals surface area contributed by atoms with Crippen molar-refractivity contribution in [3.05, 3.63) is 52.2 Å². The van der Waals surface area contributed by atoms with Crippen molar-refractivity contribution < 1.29 is 9.90 Å². The minimum absolute atomic E-state index is 0.194. The first kappa shape index (κ1) is 11.0. The Kier molecular flexibility index (Phi) is 2.70. The zero-order chi connectivity index (χ0) is 12.4. The van der Waals surface area contributed by atoms with Crippen LogP contribution in [0.25, 0.3) is 5.69 Å². The number of aromatic carboxylic acids is 1. The number of nitrogens with zero attached hydrogens (tertiary/aromatic N) is 3. The first-order valence-electron chi connectivity index (χ1n) is 4.84. The monoisotopic (exact) mass is 231 g/mol. The zero-order valence-corrected chi connectivity index (χ0v) is 8.99. The first-order chi connectivity index (χ1) is 8.08. The van der Waals surface area contributed by atoms with E-state index in [0.29, 0.717) is 5.69 Å². The van der Waals surface area contributed by atoms with Crippen LogP contribution >= 0.6 is 0 Å². The molecule has 0 aliphatic rings. The van der Waals surface area contributed by atoms with E-state index in [1.54, 1.807) is 19.1 Å². The molecule has 1 N–H and O–H groups in total. The normalized spacial score (nSPS) is 10.2. The summed E-state index contributed by atoms with van der Waals surface area (Å²) in [4.78, 5) is 25.4. The number of carbonyl (C=O) groups is 1. The fourth-order valence-electron chi connectivity index (χ4n) is 1.31. The average molecular weight is 231 g/mol. The van der Waals surface area contributed by atoms with Crippen LogP contribution < -0.4 is 5.56 Å². The van der Waals surface area contributed by atoms with Crippen molar-refractivity contribution in [2.24, 2.45) is 0 Å². The van der Waals surface area contributed by atoms with E-state index in [0.717, 1.165) is 0 Å². The molecule has 0 aliphatic heterocycles. The second-order valence-corrected chi connectivity index (χ2v) is 3.43. The van der Waals surface area contributed by atoms with Gasteiger partial charge in [0.25, 0.3) is 5.56 Å². The van der Waals surface area contributed by atoms with Crippen molar-refractivity contribution in [3.63, 3.8) is 0 Å². The van der Waals surface area contributed by atoms with Crippen LogP contribution in [0, 0.1) is 6.92 Å². The van der Waals surface area contributed by atoms with E-state index >= 15 is 0 Å². The number of aromatic nitrogens is 3. The first-order valence-corrected chi connectivity index (χ1v) is 4.84. The summed E-state index contributed by atoms with van der Waals surface area (Å²) in [7, 11) is 0. The molecule has 6 heteroatoms. The van der Waals surface area contributed by atoms with Crippen molar-refractivity contribution >= 4 is 5.97 Å². The average Bonchev–Trinajstić information content (AvgIpc) is 2.33. The highest BCUT2D eigenvalue weighted by molar-refractivity contribution is 5.87. The van der Waals surface area contributed by atoms with Gasteiger partial charge in [0.1, 0.15) is 12.0 Å². The highest BCUT2D eigenvalue weighted by Gasteiger charge is 2.04. The third-order valence-corrected chi connectivity index (χ3v) is 2.23. The molecule has 0 saturated carbocycles. The van der Waals surface area contributed by atoms with Crippen molar-refractivity contribution in [1.82, 2.24) is 14.8 Å². The molecule has 0 saturated heterocycles. The lowest BCUT2D eigenvalue weighted by molar-refractivity contribution is 0.0697. The summed E-state index contributed by atoms with van der Waals surface area (Å²) in [6, 6.07) is 6.13. The van der Waals surface area contributed by atoms with Gasteiger partial charge in [0.2, 0.25) is 0 Å². The third kappa shape index (κ3) is 2.20. The molecule has 1 aromatic carbocycles. The molecule has 2 aromatic rings. The minimum atomic E-state index is -0.987. The van der Waals surface area contributed by atoms with Gasteiger partial charge in [-0.25, -0.2) is 9.48 Å². The Labute approximate surface area is 96.2 Å². The molecular formula is C11H9N3O3. The Morgan fingerprint density at radius 3 is 2.47 bits per heavy atom. The van der Waals surface area contributed by atoms with Gasteiger partial charge in [0.15, 0.2) is 0 Å². The highest BCUT2D eigenvalue weighted by atomic mass is 16.4. The van der Waals surface area contributed by atoms with Crippen molar-refractivity contribution in [2.45, 2.75) is 6.92 Å². The molecule has 0 atom stereocenters. The molecule has 2 rings (SSSR count). The molecule has 0 spiro atoms. The molecular weight excluding hydrogens is 222 g/mol. The summed E-state index contributed by atoms with van der Waals surface area (Å²) in [5.41, 5.74) is 0.753. The largest absolute Gasteiger partial charge is 0.478 e. The van der Waals surface area contributed by atoms with Gasteiger partial charge in [-0.15, -0.1) is 0 Å². The van der Waals surface area contributed by atoms with E-state index in [2.05, 4.69) is 10.1 Å². The Hall–Kier alpha value is -2.50. The molecule has 0 aliphatic carbocycles. The summed E-state index contributed by atoms with van der Waals surface area (Å²) in [5, 5.41) is 12.8. The summed E-state index contributed by atoms with van der Waals surface area (Å²) in [6.45, 7) is 1.57. The Morgan fingerprint density at radius 1 is 1.29 bits per heavy atom. The summed E-state index contributed by atoms with van der Waals surface area (Å²) >= 11 is 0. The smallest absolute Gasteiger partial charge is 0.335 e. The van der Waals surface area contributed by atoms with Gasteiger partial charge in [-0.2, -0.15) is 10.1 Å². The molecule has 17 heavy (non-hydrogen) atoms. The number of carboxylic acids is 1. The van der Waals surface area contributed by atoms with Gasteiger partial charge >= 0.3 is 5.97 Å². The maximum atomic E-state index is 11.1. The lowest BCUT2D eigenvalue weighted by atomic mass is 10.2. The summed E-state index contributed by atoms with van der Waals surface area (Å²) in [5.74, 6) is -0.987. The molecule has 0 unspecified atom stereocenters. The van der Waals surface area contributed by atoms with Crippen LogP contribution in [0.3, 0.4) is 0 Å². The van der Waals surface area contributed by atoms with Crippen LogP contribution in [0.15, 0.2) is 35.4 Å². The van der Waals surface area contributed by atoms with Gasteiger partial charge in [0.05, 0.1) is 11.3 Å². The second kappa shape index (κ2) is 4.17. The van der Waals surface area contributed by atoms with E-state index in [-0.39, 0.29) is 16.8 Å². The van der Waals surface area contributed by atoms with Crippen LogP contribution in [0.1, 0.15) is 16.1 Å². The Morgan fingerprint density at radius 2 is 1.94 bits per heavy atom. The van der Waals surface area contributed by atoms with E-state index in [1.165, 1.54) is 23.1 Å². The Bertz CT molecular complexity index is 617. The summed E-state index contributed by atoms with van der Waals surface area (Å²) in [6.07, 6.45) is 1.30. The topological polar surface area (TPSA) is 85.1 Å². The lowest BCUT2D eigenvalue weighted by Gasteiger charge is -2.04. The van der Waals surface area contributed by atoms with Crippen LogP contribution in [-0.4, -0.2) is 25.8 Å². The quantitative estimate of drug-likeness (QED) is 0.819. The SMILES string of the molecule is Cc1nn(-c2ccc(C(=O)O)cc2)cnc1=O. The number of carboxylic acid groups (broad SMARTS) is 1. The van der Waals surface area contributed by atoms with Crippen LogP contribution in [0.2, 0.25) is 0 Å². The molecule has 0 amide bonds. The third-order valence-electron chi connectivity index (χ3n) is 2.23. The number of aryl methyl sites for hydroxylation is 1. The molecule has 1 aromatic heterocycles. The summed E-state index contributed by atoms with van der Waals surface area (Å²) < 4.78 is 1.42. The molecule has 0 radical (unpaired) electrons. The number of hydrogen-bond acceptors (Lipinski definition) is 4. The van der Waals surface area contributed by atoms with E-state index in [4.69, 9.17) is 5.11 Å². The van der Waals surface area contributed by atoms with E-state index in [1.807, 2.05) is 0 Å². The fraction of sp³-hybridized carbons (Fsp3) is 0.0909. The predicted molar refractivity (Wildman–Crippen MR) is 59.3 cm³/mol. The van der Waals surface area contributed by atoms with Gasteiger partial charge in [-0.3, -0.25) is 4.79 Å². The number of hydrogen-bond donors (Lipinski definition) is 1. The minimum Gasteiger partial charge on any atom is -0.478 e. The van der Waals surface area contributed by atoms with Crippen LogP contribution in [-0.2, 0) is 0 Å². The van der Waals surface area contributed by atoms with E-state index < -0.39 is 5.97 Å². The standard InChI is InChI=1S/C11H9N3O3/c1-7-10(15)12-6-14(13-7)9-4-2-8(3-5-9)11(16)17/h2-6H,1H3,(H,16,17). The lowest BCUT2D eigenvalue weighted by Crippen LogP contribution is -2.16. The van der Waals surface area contributed by atoms with Crippen LogP contribution in [0.5, 0.6) is 0 Å². The molecule has 86 valence electrons. The maximum absolute atomic E-state index is 11.1. The number of benzene rings is 1.